The van der Waals surface area contributed by atoms with E-state index in [2.05, 4.69) is 45.9 Å². The van der Waals surface area contributed by atoms with Gasteiger partial charge in [0.1, 0.15) is 17.1 Å². The number of aryl methyl sites for hydroxylation is 1. The van der Waals surface area contributed by atoms with Crippen LogP contribution in [0.5, 0.6) is 0 Å². The van der Waals surface area contributed by atoms with Crippen LogP contribution in [0.2, 0.25) is 0 Å². The van der Waals surface area contributed by atoms with E-state index in [1.54, 1.807) is 0 Å². The summed E-state index contributed by atoms with van der Waals surface area (Å²) in [6.07, 6.45) is 4.08. The highest BCUT2D eigenvalue weighted by atomic mass is 32.1. The van der Waals surface area contributed by atoms with Gasteiger partial charge in [0.05, 0.1) is 17.0 Å². The number of anilines is 2. The molecule has 2 N–H and O–H groups in total. The van der Waals surface area contributed by atoms with Crippen LogP contribution in [0.25, 0.3) is 16.4 Å². The first kappa shape index (κ1) is 30.3. The first-order chi connectivity index (χ1) is 20.9. The average molecular weight is 619 g/mol. The van der Waals surface area contributed by atoms with Crippen LogP contribution in [0.15, 0.2) is 16.7 Å². The van der Waals surface area contributed by atoms with E-state index >= 15 is 0 Å². The molecule has 1 unspecified atom stereocenters. The standard InChI is InChI=1S/C32H42N8O3S/c1-31(2,3)42-30(41)40-12-9-20(10-13-40)21-18-22(35-24(19-21)39-16-14-38(6)15-17-39)28-36-29(43-37-28)32(4)11-7-8-23-25(32)26(34-5)27(33)44-23/h18-20H,7-17,33H2,1-4,6H3. The molecular weight excluding hydrogens is 576 g/mol. The molecule has 11 nitrogen and oxygen atoms in total. The minimum Gasteiger partial charge on any atom is -0.444 e. The number of likely N-dealkylation sites (tertiary alicyclic amines) is 1. The van der Waals surface area contributed by atoms with Crippen molar-refractivity contribution in [2.45, 2.75) is 76.7 Å². The Kier molecular flexibility index (Phi) is 8.05. The van der Waals surface area contributed by atoms with E-state index in [0.29, 0.717) is 41.2 Å². The molecule has 2 saturated heterocycles. The molecular formula is C32H42N8O3S. The number of pyridine rings is 1. The fraction of sp³-hybridized carbons (Fsp3) is 0.594. The molecule has 44 heavy (non-hydrogen) atoms. The number of fused-ring (bicyclic) bond motifs is 1. The second kappa shape index (κ2) is 11.7. The van der Waals surface area contributed by atoms with E-state index in [0.717, 1.165) is 74.5 Å². The number of thiophene rings is 1. The van der Waals surface area contributed by atoms with Gasteiger partial charge in [-0.25, -0.2) is 14.6 Å². The maximum absolute atomic E-state index is 12.7. The Morgan fingerprint density at radius 1 is 1.16 bits per heavy atom. The van der Waals surface area contributed by atoms with Crippen LogP contribution in [0.4, 0.5) is 21.3 Å². The number of likely N-dealkylation sites (N-methyl/N-ethyl adjacent to an activating group) is 1. The van der Waals surface area contributed by atoms with E-state index in [1.807, 2.05) is 25.7 Å². The van der Waals surface area contributed by atoms with Gasteiger partial charge in [0, 0.05) is 39.3 Å². The molecule has 6 rings (SSSR count). The summed E-state index contributed by atoms with van der Waals surface area (Å²) in [7, 11) is 2.14. The smallest absolute Gasteiger partial charge is 0.410 e. The monoisotopic (exact) mass is 618 g/mol. The van der Waals surface area contributed by atoms with E-state index < -0.39 is 11.0 Å². The largest absolute Gasteiger partial charge is 0.444 e. The third kappa shape index (κ3) is 5.87. The third-order valence-corrected chi connectivity index (χ3v) is 10.2. The van der Waals surface area contributed by atoms with Gasteiger partial charge in [-0.1, -0.05) is 5.16 Å². The average Bonchev–Trinajstić information content (AvgIpc) is 3.62. The highest BCUT2D eigenvalue weighted by Gasteiger charge is 2.43. The number of carbonyl (C=O) groups excluding carboxylic acids is 1. The lowest BCUT2D eigenvalue weighted by Gasteiger charge is -2.35. The summed E-state index contributed by atoms with van der Waals surface area (Å²) in [6, 6.07) is 4.29. The second-order valence-corrected chi connectivity index (χ2v) is 14.6. The molecule has 2 fully saturated rings. The van der Waals surface area contributed by atoms with Gasteiger partial charge >= 0.3 is 6.09 Å². The number of ether oxygens (including phenoxy) is 1. The Balaban J connectivity index is 1.31. The molecule has 0 radical (unpaired) electrons. The molecule has 1 aliphatic carbocycles. The van der Waals surface area contributed by atoms with Crippen molar-refractivity contribution in [2.75, 3.05) is 56.9 Å². The molecule has 2 aliphatic heterocycles. The SMILES string of the molecule is [C-]#[N+]c1c(N)sc2c1C(C)(c1nc(-c3cc(C4CCN(C(=O)OC(C)(C)C)CC4)cc(N4CCN(C)CC4)n3)no1)CCC2. The molecule has 0 aromatic carbocycles. The summed E-state index contributed by atoms with van der Waals surface area (Å²) in [4.78, 5) is 34.1. The summed E-state index contributed by atoms with van der Waals surface area (Å²) in [5.74, 6) is 2.12. The normalized spacial score (nSPS) is 21.6. The van der Waals surface area contributed by atoms with Crippen LogP contribution >= 0.6 is 11.3 Å². The molecule has 3 aliphatic rings. The number of hydrogen-bond acceptors (Lipinski definition) is 10. The van der Waals surface area contributed by atoms with Gasteiger partial charge in [0.2, 0.25) is 17.4 Å². The lowest BCUT2D eigenvalue weighted by atomic mass is 9.73. The maximum Gasteiger partial charge on any atom is 0.410 e. The number of nitrogen functional groups attached to an aromatic ring is 1. The quantitative estimate of drug-likeness (QED) is 0.360. The van der Waals surface area contributed by atoms with Crippen molar-refractivity contribution in [3.8, 4) is 11.5 Å². The topological polar surface area (TPSA) is 118 Å². The Hall–Kier alpha value is -3.69. The van der Waals surface area contributed by atoms with Crippen molar-refractivity contribution in [3.05, 3.63) is 45.4 Å². The maximum atomic E-state index is 12.7. The summed E-state index contributed by atoms with van der Waals surface area (Å²) in [6.45, 7) is 20.6. The molecule has 12 heteroatoms. The van der Waals surface area contributed by atoms with Crippen LogP contribution < -0.4 is 10.6 Å². The van der Waals surface area contributed by atoms with E-state index in [9.17, 15) is 4.79 Å². The van der Waals surface area contributed by atoms with Gasteiger partial charge in [0.25, 0.3) is 0 Å². The van der Waals surface area contributed by atoms with Crippen LogP contribution in [-0.2, 0) is 16.6 Å². The van der Waals surface area contributed by atoms with Crippen molar-refractivity contribution in [1.29, 1.82) is 0 Å². The van der Waals surface area contributed by atoms with E-state index in [1.165, 1.54) is 16.9 Å². The third-order valence-electron chi connectivity index (χ3n) is 9.13. The zero-order valence-corrected chi connectivity index (χ0v) is 27.2. The predicted molar refractivity (Wildman–Crippen MR) is 171 cm³/mol. The molecule has 1 atom stereocenters. The van der Waals surface area contributed by atoms with Crippen LogP contribution in [0.1, 0.15) is 81.2 Å². The number of rotatable bonds is 4. The Labute approximate surface area is 263 Å². The van der Waals surface area contributed by atoms with Crippen molar-refractivity contribution < 1.29 is 14.1 Å². The number of amides is 1. The van der Waals surface area contributed by atoms with Gasteiger partial charge in [-0.2, -0.15) is 4.98 Å². The number of carbonyl (C=O) groups is 1. The van der Waals surface area contributed by atoms with Crippen LogP contribution in [0.3, 0.4) is 0 Å². The zero-order valence-electron chi connectivity index (χ0n) is 26.4. The first-order valence-electron chi connectivity index (χ1n) is 15.5. The number of nitrogens with zero attached hydrogens (tertiary/aromatic N) is 7. The molecule has 0 bridgehead atoms. The second-order valence-electron chi connectivity index (χ2n) is 13.5. The lowest BCUT2D eigenvalue weighted by molar-refractivity contribution is 0.0205. The summed E-state index contributed by atoms with van der Waals surface area (Å²) in [5, 5.41) is 5.00. The van der Waals surface area contributed by atoms with Gasteiger partial charge in [-0.15, -0.1) is 11.3 Å². The zero-order chi connectivity index (χ0) is 31.2. The lowest BCUT2D eigenvalue weighted by Crippen LogP contribution is -2.45. The fourth-order valence-corrected chi connectivity index (χ4v) is 7.82. The summed E-state index contributed by atoms with van der Waals surface area (Å²) < 4.78 is 11.6. The number of hydrogen-bond donors (Lipinski definition) is 1. The number of piperazine rings is 1. The Morgan fingerprint density at radius 2 is 1.89 bits per heavy atom. The molecule has 3 aromatic rings. The van der Waals surface area contributed by atoms with Gasteiger partial charge < -0.3 is 29.7 Å². The molecule has 5 heterocycles. The molecule has 1 amide bonds. The molecule has 234 valence electrons. The van der Waals surface area contributed by atoms with Crippen LogP contribution in [0, 0.1) is 6.57 Å². The highest BCUT2D eigenvalue weighted by molar-refractivity contribution is 7.16. The van der Waals surface area contributed by atoms with E-state index in [4.69, 9.17) is 31.5 Å². The summed E-state index contributed by atoms with van der Waals surface area (Å²) >= 11 is 1.50. The van der Waals surface area contributed by atoms with Crippen LogP contribution in [-0.4, -0.2) is 82.9 Å². The minimum atomic E-state index is -0.584. The summed E-state index contributed by atoms with van der Waals surface area (Å²) in [5.41, 5.74) is 8.46. The van der Waals surface area contributed by atoms with Gasteiger partial charge in [-0.3, -0.25) is 0 Å². The number of aromatic nitrogens is 3. The molecule has 0 saturated carbocycles. The number of piperidine rings is 1. The Morgan fingerprint density at radius 3 is 2.57 bits per heavy atom. The van der Waals surface area contributed by atoms with Gasteiger partial charge in [-0.05, 0) is 101 Å². The van der Waals surface area contributed by atoms with E-state index in [-0.39, 0.29) is 12.0 Å². The van der Waals surface area contributed by atoms with Crippen molar-refractivity contribution in [2.24, 2.45) is 0 Å². The number of nitrogens with two attached hydrogens (primary N) is 1. The highest BCUT2D eigenvalue weighted by Crippen LogP contribution is 2.52. The Bertz CT molecular complexity index is 1570. The minimum absolute atomic E-state index is 0.253. The predicted octanol–water partition coefficient (Wildman–Crippen LogP) is 5.83. The first-order valence-corrected chi connectivity index (χ1v) is 16.3. The van der Waals surface area contributed by atoms with Crippen molar-refractivity contribution in [3.63, 3.8) is 0 Å². The van der Waals surface area contributed by atoms with Crippen molar-refractivity contribution in [1.82, 2.24) is 24.9 Å². The van der Waals surface area contributed by atoms with Gasteiger partial charge in [0.15, 0.2) is 0 Å². The molecule has 3 aromatic heterocycles. The molecule has 0 spiro atoms. The van der Waals surface area contributed by atoms with Crippen molar-refractivity contribution >= 4 is 33.9 Å². The fourth-order valence-electron chi connectivity index (χ4n) is 6.64.